The first kappa shape index (κ1) is 10.3. The van der Waals surface area contributed by atoms with E-state index in [1.54, 1.807) is 0 Å². The lowest BCUT2D eigenvalue weighted by Crippen LogP contribution is -2.44. The van der Waals surface area contributed by atoms with Crippen molar-refractivity contribution in [3.8, 4) is 0 Å². The van der Waals surface area contributed by atoms with Gasteiger partial charge in [-0.3, -0.25) is 9.69 Å². The molecule has 0 aromatic rings. The maximum Gasteiger partial charge on any atom is 0.321 e. The number of aliphatic carboxylic acids is 1. The molecule has 0 saturated heterocycles. The number of rotatable bonds is 4. The zero-order chi connectivity index (χ0) is 9.84. The molecule has 0 aliphatic carbocycles. The molecule has 74 valence electrons. The Morgan fingerprint density at radius 1 is 1.54 bits per heavy atom. The van der Waals surface area contributed by atoms with E-state index in [1.165, 1.54) is 0 Å². The van der Waals surface area contributed by atoms with E-state index in [9.17, 15) is 4.79 Å². The van der Waals surface area contributed by atoms with E-state index in [1.807, 2.05) is 30.9 Å². The first-order valence-corrected chi connectivity index (χ1v) is 4.78. The van der Waals surface area contributed by atoms with Crippen LogP contribution in [0.1, 0.15) is 20.3 Å². The van der Waals surface area contributed by atoms with Crippen LogP contribution in [0, 0.1) is 5.92 Å². The summed E-state index contributed by atoms with van der Waals surface area (Å²) in [5, 5.41) is 9.07. The minimum Gasteiger partial charge on any atom is -0.480 e. The summed E-state index contributed by atoms with van der Waals surface area (Å²) in [5.74, 6) is -0.476. The standard InChI is InChI=1S/C10H17NO2/c1-3-8(2)9(10(12)13)11-6-4-5-7-11/h4-5,8-9H,3,6-7H2,1-2H3,(H,12,13). The van der Waals surface area contributed by atoms with E-state index < -0.39 is 5.97 Å². The Morgan fingerprint density at radius 3 is 2.46 bits per heavy atom. The number of hydrogen-bond acceptors (Lipinski definition) is 2. The molecule has 3 nitrogen and oxygen atoms in total. The molecule has 2 unspecified atom stereocenters. The van der Waals surface area contributed by atoms with Crippen molar-refractivity contribution in [1.82, 2.24) is 4.90 Å². The molecule has 1 rings (SSSR count). The Bertz CT molecular complexity index is 205. The SMILES string of the molecule is CCC(C)C(C(=O)O)N1CC=CC1. The molecule has 2 atom stereocenters. The minimum atomic E-state index is -0.696. The smallest absolute Gasteiger partial charge is 0.321 e. The molecule has 1 N–H and O–H groups in total. The van der Waals surface area contributed by atoms with Crippen molar-refractivity contribution in [2.45, 2.75) is 26.3 Å². The van der Waals surface area contributed by atoms with Crippen molar-refractivity contribution in [2.75, 3.05) is 13.1 Å². The summed E-state index contributed by atoms with van der Waals surface area (Å²) < 4.78 is 0. The highest BCUT2D eigenvalue weighted by atomic mass is 16.4. The van der Waals surface area contributed by atoms with Gasteiger partial charge in [-0.25, -0.2) is 0 Å². The summed E-state index contributed by atoms with van der Waals surface area (Å²) in [6.07, 6.45) is 4.96. The Kier molecular flexibility index (Phi) is 3.48. The van der Waals surface area contributed by atoms with Gasteiger partial charge in [-0.2, -0.15) is 0 Å². The molecule has 0 aromatic carbocycles. The Balaban J connectivity index is 2.61. The molecule has 0 amide bonds. The minimum absolute atomic E-state index is 0.220. The molecular formula is C10H17NO2. The Morgan fingerprint density at radius 2 is 2.08 bits per heavy atom. The van der Waals surface area contributed by atoms with Crippen molar-refractivity contribution in [1.29, 1.82) is 0 Å². The fourth-order valence-corrected chi connectivity index (χ4v) is 1.70. The van der Waals surface area contributed by atoms with Crippen molar-refractivity contribution in [3.63, 3.8) is 0 Å². The second kappa shape index (κ2) is 4.42. The monoisotopic (exact) mass is 183 g/mol. The molecule has 0 saturated carbocycles. The van der Waals surface area contributed by atoms with Crippen molar-refractivity contribution in [3.05, 3.63) is 12.2 Å². The van der Waals surface area contributed by atoms with Crippen LogP contribution in [0.15, 0.2) is 12.2 Å². The second-order valence-corrected chi connectivity index (χ2v) is 3.59. The van der Waals surface area contributed by atoms with Crippen LogP contribution in [0.5, 0.6) is 0 Å². The molecule has 3 heteroatoms. The molecule has 0 spiro atoms. The van der Waals surface area contributed by atoms with E-state index in [0.29, 0.717) is 0 Å². The molecule has 0 aromatic heterocycles. The van der Waals surface area contributed by atoms with Gasteiger partial charge in [0.1, 0.15) is 6.04 Å². The summed E-state index contributed by atoms with van der Waals surface area (Å²) in [7, 11) is 0. The van der Waals surface area contributed by atoms with Gasteiger partial charge in [0.15, 0.2) is 0 Å². The number of nitrogens with zero attached hydrogens (tertiary/aromatic N) is 1. The van der Waals surface area contributed by atoms with Crippen LogP contribution in [-0.2, 0) is 4.79 Å². The van der Waals surface area contributed by atoms with Crippen LogP contribution in [0.2, 0.25) is 0 Å². The average molecular weight is 183 g/mol. The molecule has 1 heterocycles. The highest BCUT2D eigenvalue weighted by molar-refractivity contribution is 5.74. The van der Waals surface area contributed by atoms with Crippen LogP contribution in [0.3, 0.4) is 0 Å². The highest BCUT2D eigenvalue weighted by Crippen LogP contribution is 2.17. The molecule has 0 fully saturated rings. The Hall–Kier alpha value is -0.830. The first-order valence-electron chi connectivity index (χ1n) is 4.78. The van der Waals surface area contributed by atoms with Crippen LogP contribution in [0.25, 0.3) is 0 Å². The van der Waals surface area contributed by atoms with E-state index in [2.05, 4.69) is 0 Å². The van der Waals surface area contributed by atoms with Crippen molar-refractivity contribution in [2.24, 2.45) is 5.92 Å². The normalized spacial score (nSPS) is 21.7. The van der Waals surface area contributed by atoms with Gasteiger partial charge in [-0.05, 0) is 5.92 Å². The summed E-state index contributed by atoms with van der Waals surface area (Å²) in [4.78, 5) is 13.0. The van der Waals surface area contributed by atoms with Gasteiger partial charge < -0.3 is 5.11 Å². The lowest BCUT2D eigenvalue weighted by Gasteiger charge is -2.28. The third-order valence-electron chi connectivity index (χ3n) is 2.68. The molecule has 0 bridgehead atoms. The maximum atomic E-state index is 11.0. The summed E-state index contributed by atoms with van der Waals surface area (Å²) in [5.41, 5.74) is 0. The van der Waals surface area contributed by atoms with Gasteiger partial charge in [0.05, 0.1) is 0 Å². The summed E-state index contributed by atoms with van der Waals surface area (Å²) in [6.45, 7) is 5.59. The number of carboxylic acid groups (broad SMARTS) is 1. The average Bonchev–Trinajstić information content (AvgIpc) is 2.56. The maximum absolute atomic E-state index is 11.0. The zero-order valence-corrected chi connectivity index (χ0v) is 8.23. The molecule has 0 radical (unpaired) electrons. The third-order valence-corrected chi connectivity index (χ3v) is 2.68. The van der Waals surface area contributed by atoms with Gasteiger partial charge in [0, 0.05) is 13.1 Å². The Labute approximate surface area is 79.0 Å². The van der Waals surface area contributed by atoms with E-state index in [0.717, 1.165) is 19.5 Å². The van der Waals surface area contributed by atoms with Gasteiger partial charge in [0.25, 0.3) is 0 Å². The van der Waals surface area contributed by atoms with Crippen LogP contribution >= 0.6 is 0 Å². The first-order chi connectivity index (χ1) is 6.16. The van der Waals surface area contributed by atoms with Crippen LogP contribution in [0.4, 0.5) is 0 Å². The fraction of sp³-hybridized carbons (Fsp3) is 0.700. The number of hydrogen-bond donors (Lipinski definition) is 1. The molecule has 1 aliphatic heterocycles. The molecule has 13 heavy (non-hydrogen) atoms. The van der Waals surface area contributed by atoms with E-state index in [4.69, 9.17) is 5.11 Å². The van der Waals surface area contributed by atoms with Gasteiger partial charge >= 0.3 is 5.97 Å². The largest absolute Gasteiger partial charge is 0.480 e. The number of carbonyl (C=O) groups is 1. The molecular weight excluding hydrogens is 166 g/mol. The van der Waals surface area contributed by atoms with Gasteiger partial charge in [-0.15, -0.1) is 0 Å². The molecule has 1 aliphatic rings. The fourth-order valence-electron chi connectivity index (χ4n) is 1.70. The topological polar surface area (TPSA) is 40.5 Å². The van der Waals surface area contributed by atoms with Crippen molar-refractivity contribution >= 4 is 5.97 Å². The van der Waals surface area contributed by atoms with Gasteiger partial charge in [-0.1, -0.05) is 32.4 Å². The predicted octanol–water partition coefficient (Wildman–Crippen LogP) is 1.36. The third kappa shape index (κ3) is 2.31. The van der Waals surface area contributed by atoms with Crippen molar-refractivity contribution < 1.29 is 9.90 Å². The van der Waals surface area contributed by atoms with Gasteiger partial charge in [0.2, 0.25) is 0 Å². The lowest BCUT2D eigenvalue weighted by molar-refractivity contribution is -0.144. The predicted molar refractivity (Wildman–Crippen MR) is 51.6 cm³/mol. The van der Waals surface area contributed by atoms with E-state index >= 15 is 0 Å². The van der Waals surface area contributed by atoms with E-state index in [-0.39, 0.29) is 12.0 Å². The highest BCUT2D eigenvalue weighted by Gasteiger charge is 2.29. The lowest BCUT2D eigenvalue weighted by atomic mass is 9.98. The van der Waals surface area contributed by atoms with Crippen LogP contribution < -0.4 is 0 Å². The second-order valence-electron chi connectivity index (χ2n) is 3.59. The number of carboxylic acids is 1. The zero-order valence-electron chi connectivity index (χ0n) is 8.23. The quantitative estimate of drug-likeness (QED) is 0.669. The summed E-state index contributed by atoms with van der Waals surface area (Å²) >= 11 is 0. The summed E-state index contributed by atoms with van der Waals surface area (Å²) in [6, 6.07) is -0.319. The van der Waals surface area contributed by atoms with Crippen LogP contribution in [-0.4, -0.2) is 35.1 Å².